The van der Waals surface area contributed by atoms with E-state index in [1.54, 1.807) is 11.1 Å². The van der Waals surface area contributed by atoms with E-state index in [2.05, 4.69) is 18.1 Å². The average Bonchev–Trinajstić information content (AvgIpc) is 2.04. The van der Waals surface area contributed by atoms with Crippen LogP contribution in [-0.4, -0.2) is 12.3 Å². The van der Waals surface area contributed by atoms with Crippen LogP contribution in [0, 0.1) is 0 Å². The van der Waals surface area contributed by atoms with Crippen LogP contribution in [0.15, 0.2) is 16.1 Å². The van der Waals surface area contributed by atoms with Crippen molar-refractivity contribution >= 4 is 6.21 Å². The first-order chi connectivity index (χ1) is 5.36. The molecule has 1 nitrogen and oxygen atoms in total. The monoisotopic (exact) mass is 149 g/mol. The molecule has 1 heteroatoms. The molecule has 0 saturated heterocycles. The maximum absolute atomic E-state index is 4.43. The zero-order valence-electron chi connectivity index (χ0n) is 7.14. The van der Waals surface area contributed by atoms with E-state index in [1.165, 1.54) is 32.1 Å². The summed E-state index contributed by atoms with van der Waals surface area (Å²) in [6.45, 7) is 2.20. The number of allylic oxidation sites excluding steroid dienone is 1. The molecule has 2 rings (SSSR count). The summed E-state index contributed by atoms with van der Waals surface area (Å²) >= 11 is 0. The van der Waals surface area contributed by atoms with E-state index in [-0.39, 0.29) is 0 Å². The van der Waals surface area contributed by atoms with Gasteiger partial charge in [-0.1, -0.05) is 5.57 Å². The van der Waals surface area contributed by atoms with Crippen LogP contribution in [0.1, 0.15) is 39.0 Å². The van der Waals surface area contributed by atoms with Crippen LogP contribution >= 0.6 is 0 Å². The van der Waals surface area contributed by atoms with Gasteiger partial charge < -0.3 is 0 Å². The fraction of sp³-hybridized carbons (Fsp3) is 0.700. The molecule has 1 aliphatic carbocycles. The third kappa shape index (κ3) is 1.37. The smallest absolute Gasteiger partial charge is 0.0508 e. The molecule has 0 N–H and O–H groups in total. The molecule has 11 heavy (non-hydrogen) atoms. The number of hydrogen-bond acceptors (Lipinski definition) is 1. The molecule has 1 atom stereocenters. The molecule has 1 heterocycles. The van der Waals surface area contributed by atoms with Crippen molar-refractivity contribution in [1.82, 2.24) is 0 Å². The van der Waals surface area contributed by atoms with Gasteiger partial charge in [0.25, 0.3) is 0 Å². The fourth-order valence-corrected chi connectivity index (χ4v) is 2.01. The Bertz CT molecular complexity index is 213. The van der Waals surface area contributed by atoms with Gasteiger partial charge in [-0.15, -0.1) is 0 Å². The number of rotatable bonds is 0. The second kappa shape index (κ2) is 2.80. The van der Waals surface area contributed by atoms with Crippen molar-refractivity contribution < 1.29 is 0 Å². The second-order valence-electron chi connectivity index (χ2n) is 3.67. The van der Waals surface area contributed by atoms with E-state index in [0.717, 1.165) is 0 Å². The lowest BCUT2D eigenvalue weighted by molar-refractivity contribution is 0.616. The molecule has 60 valence electrons. The number of dihydropyridines is 1. The van der Waals surface area contributed by atoms with Crippen LogP contribution in [0.3, 0.4) is 0 Å². The van der Waals surface area contributed by atoms with E-state index < -0.39 is 0 Å². The van der Waals surface area contributed by atoms with Gasteiger partial charge in [-0.25, -0.2) is 0 Å². The van der Waals surface area contributed by atoms with Crippen molar-refractivity contribution in [3.05, 3.63) is 11.1 Å². The number of aliphatic imine (C=N–C) groups is 1. The first-order valence-electron chi connectivity index (χ1n) is 4.60. The summed E-state index contributed by atoms with van der Waals surface area (Å²) in [6.07, 6.45) is 8.74. The largest absolute Gasteiger partial charge is 0.290 e. The average molecular weight is 149 g/mol. The Hall–Kier alpha value is -0.590. The summed E-state index contributed by atoms with van der Waals surface area (Å²) in [4.78, 5) is 4.43. The predicted octanol–water partition coefficient (Wildman–Crippen LogP) is 2.72. The number of nitrogens with zero attached hydrogens (tertiary/aromatic N) is 1. The van der Waals surface area contributed by atoms with Crippen LogP contribution in [-0.2, 0) is 0 Å². The van der Waals surface area contributed by atoms with Gasteiger partial charge in [-0.3, -0.25) is 4.99 Å². The lowest BCUT2D eigenvalue weighted by Gasteiger charge is -2.23. The second-order valence-corrected chi connectivity index (χ2v) is 3.67. The van der Waals surface area contributed by atoms with Gasteiger partial charge in [0.15, 0.2) is 0 Å². The van der Waals surface area contributed by atoms with E-state index in [4.69, 9.17) is 0 Å². The van der Waals surface area contributed by atoms with E-state index in [9.17, 15) is 0 Å². The lowest BCUT2D eigenvalue weighted by Crippen LogP contribution is -2.12. The van der Waals surface area contributed by atoms with E-state index in [1.807, 2.05) is 0 Å². The Labute approximate surface area is 68.2 Å². The van der Waals surface area contributed by atoms with Crippen LogP contribution in [0.2, 0.25) is 0 Å². The molecule has 0 saturated carbocycles. The summed E-state index contributed by atoms with van der Waals surface area (Å²) in [5.41, 5.74) is 3.24. The van der Waals surface area contributed by atoms with Gasteiger partial charge in [0.2, 0.25) is 0 Å². The van der Waals surface area contributed by atoms with E-state index in [0.29, 0.717) is 6.04 Å². The minimum atomic E-state index is 0.548. The molecule has 0 bridgehead atoms. The van der Waals surface area contributed by atoms with Gasteiger partial charge in [-0.2, -0.15) is 0 Å². The molecule has 0 aromatic rings. The number of hydrogen-bond donors (Lipinski definition) is 0. The maximum atomic E-state index is 4.43. The highest BCUT2D eigenvalue weighted by molar-refractivity contribution is 5.81. The van der Waals surface area contributed by atoms with Gasteiger partial charge in [0, 0.05) is 6.21 Å². The summed E-state index contributed by atoms with van der Waals surface area (Å²) < 4.78 is 0. The summed E-state index contributed by atoms with van der Waals surface area (Å²) in [5.74, 6) is 0. The van der Waals surface area contributed by atoms with Crippen molar-refractivity contribution in [2.75, 3.05) is 0 Å². The van der Waals surface area contributed by atoms with Crippen LogP contribution < -0.4 is 0 Å². The Morgan fingerprint density at radius 3 is 3.09 bits per heavy atom. The SMILES string of the molecule is CC1CC2=C(C=N1)CCCC2. The third-order valence-corrected chi connectivity index (χ3v) is 2.66. The molecule has 2 aliphatic rings. The van der Waals surface area contributed by atoms with Crippen LogP contribution in [0.4, 0.5) is 0 Å². The molecule has 0 radical (unpaired) electrons. The molecule has 0 amide bonds. The molecule has 0 spiro atoms. The molecular weight excluding hydrogens is 134 g/mol. The summed E-state index contributed by atoms with van der Waals surface area (Å²) in [6, 6.07) is 0.548. The molecule has 1 unspecified atom stereocenters. The van der Waals surface area contributed by atoms with E-state index >= 15 is 0 Å². The minimum Gasteiger partial charge on any atom is -0.290 e. The quantitative estimate of drug-likeness (QED) is 0.502. The maximum Gasteiger partial charge on any atom is 0.0508 e. The minimum absolute atomic E-state index is 0.548. The van der Waals surface area contributed by atoms with Crippen LogP contribution in [0.25, 0.3) is 0 Å². The van der Waals surface area contributed by atoms with Gasteiger partial charge >= 0.3 is 0 Å². The standard InChI is InChI=1S/C10H15N/c1-8-6-9-4-2-3-5-10(9)7-11-8/h7-8H,2-6H2,1H3. The fourth-order valence-electron chi connectivity index (χ4n) is 2.01. The first kappa shape index (κ1) is 7.08. The zero-order chi connectivity index (χ0) is 7.68. The zero-order valence-corrected chi connectivity index (χ0v) is 7.14. The highest BCUT2D eigenvalue weighted by Gasteiger charge is 2.16. The molecule has 0 fully saturated rings. The van der Waals surface area contributed by atoms with Crippen molar-refractivity contribution in [3.63, 3.8) is 0 Å². The van der Waals surface area contributed by atoms with Gasteiger partial charge in [0.05, 0.1) is 6.04 Å². The highest BCUT2D eigenvalue weighted by Crippen LogP contribution is 2.29. The molecule has 1 aliphatic heterocycles. The predicted molar refractivity (Wildman–Crippen MR) is 48.1 cm³/mol. The topological polar surface area (TPSA) is 12.4 Å². The Morgan fingerprint density at radius 1 is 1.36 bits per heavy atom. The van der Waals surface area contributed by atoms with Crippen molar-refractivity contribution in [3.8, 4) is 0 Å². The summed E-state index contributed by atoms with van der Waals surface area (Å²) in [5, 5.41) is 0. The molecule has 0 aromatic heterocycles. The highest BCUT2D eigenvalue weighted by atomic mass is 14.8. The van der Waals surface area contributed by atoms with Crippen molar-refractivity contribution in [2.45, 2.75) is 45.1 Å². The summed E-state index contributed by atoms with van der Waals surface area (Å²) in [7, 11) is 0. The Morgan fingerprint density at radius 2 is 2.18 bits per heavy atom. The Kier molecular flexibility index (Phi) is 1.80. The lowest BCUT2D eigenvalue weighted by atomic mass is 9.87. The van der Waals surface area contributed by atoms with Crippen molar-refractivity contribution in [1.29, 1.82) is 0 Å². The first-order valence-corrected chi connectivity index (χ1v) is 4.60. The Balaban J connectivity index is 2.20. The van der Waals surface area contributed by atoms with Gasteiger partial charge in [-0.05, 0) is 44.6 Å². The molecule has 0 aromatic carbocycles. The normalized spacial score (nSPS) is 30.5. The van der Waals surface area contributed by atoms with Gasteiger partial charge in [0.1, 0.15) is 0 Å². The molecular formula is C10H15N. The third-order valence-electron chi connectivity index (χ3n) is 2.66. The van der Waals surface area contributed by atoms with Crippen LogP contribution in [0.5, 0.6) is 0 Å². The van der Waals surface area contributed by atoms with Crippen molar-refractivity contribution in [2.24, 2.45) is 4.99 Å².